The van der Waals surface area contributed by atoms with Crippen LogP contribution in [0.3, 0.4) is 0 Å². The summed E-state index contributed by atoms with van der Waals surface area (Å²) in [5.74, 6) is -9.02. The molecular formula is C30H28N2O9. The van der Waals surface area contributed by atoms with Gasteiger partial charge in [0, 0.05) is 16.9 Å². The number of nitrogens with two attached hydrogens (primary N) is 1. The van der Waals surface area contributed by atoms with Crippen molar-refractivity contribution in [1.29, 1.82) is 0 Å². The molecule has 1 heterocycles. The minimum absolute atomic E-state index is 0.0982. The second-order valence-electron chi connectivity index (χ2n) is 11.1. The number of hydrogen-bond acceptors (Lipinski definition) is 10. The molecule has 3 aromatic rings. The molecule has 1 saturated carbocycles. The molecule has 212 valence electrons. The fraction of sp³-hybridized carbons (Fsp3) is 0.300. The number of rotatable bonds is 3. The van der Waals surface area contributed by atoms with Crippen LogP contribution in [0.4, 0.5) is 0 Å². The van der Waals surface area contributed by atoms with Crippen LogP contribution < -0.4 is 5.73 Å². The third kappa shape index (κ3) is 3.33. The number of carbonyl (C=O) groups excluding carboxylic acids is 3. The SMILES string of the molecule is C[C@@H]1c2ccc(-c3cc4ccccc4o3)c(O)c2C(O)=C2C(=O)[C@@]3(O)C(O)=C(C(N)=O)C(=O)[C@H](N(C)C)[C@H]3[C@H](O)[C@H]21. The Morgan fingerprint density at radius 2 is 1.76 bits per heavy atom. The zero-order valence-electron chi connectivity index (χ0n) is 22.3. The molecule has 0 aliphatic heterocycles. The van der Waals surface area contributed by atoms with Crippen molar-refractivity contribution in [2.24, 2.45) is 17.6 Å². The quantitative estimate of drug-likeness (QED) is 0.258. The first-order valence-electron chi connectivity index (χ1n) is 13.0. The molecule has 0 spiro atoms. The molecule has 0 unspecified atom stereocenters. The zero-order chi connectivity index (χ0) is 29.7. The number of aliphatic hydroxyl groups is 4. The number of benzene rings is 2. The van der Waals surface area contributed by atoms with Gasteiger partial charge in [0.15, 0.2) is 11.4 Å². The number of hydrogen-bond donors (Lipinski definition) is 6. The van der Waals surface area contributed by atoms with Gasteiger partial charge in [-0.25, -0.2) is 0 Å². The predicted molar refractivity (Wildman–Crippen MR) is 146 cm³/mol. The lowest BCUT2D eigenvalue weighted by molar-refractivity contribution is -0.169. The standard InChI is InChI=1S/C30H28N2O9/c1-11-13-8-9-14(16-10-12-6-4-5-7-15(12)41-16)23(33)18(13)24(34)19-17(11)25(35)21-22(32(2)3)26(36)20(29(31)39)28(38)30(21,40)27(19)37/h4-11,17,21-22,25,33-35,38,40H,1-3H3,(H2,31,39)/t11-,17+,21+,22-,25-,30-/m1/s1. The highest BCUT2D eigenvalue weighted by atomic mass is 16.4. The lowest BCUT2D eigenvalue weighted by Crippen LogP contribution is -2.70. The maximum atomic E-state index is 14.1. The fourth-order valence-electron chi connectivity index (χ4n) is 6.93. The van der Waals surface area contributed by atoms with Crippen molar-refractivity contribution in [3.8, 4) is 17.1 Å². The van der Waals surface area contributed by atoms with Gasteiger partial charge in [0.05, 0.1) is 29.2 Å². The minimum Gasteiger partial charge on any atom is -0.508 e. The van der Waals surface area contributed by atoms with E-state index in [2.05, 4.69) is 0 Å². The predicted octanol–water partition coefficient (Wildman–Crippen LogP) is 1.91. The molecule has 0 radical (unpaired) electrons. The van der Waals surface area contributed by atoms with Crippen molar-refractivity contribution >= 4 is 34.2 Å². The molecule has 6 rings (SSSR count). The van der Waals surface area contributed by atoms with Gasteiger partial charge in [-0.1, -0.05) is 31.2 Å². The Bertz CT molecular complexity index is 1720. The van der Waals surface area contributed by atoms with Crippen molar-refractivity contribution in [3.05, 3.63) is 70.5 Å². The van der Waals surface area contributed by atoms with Crippen LogP contribution in [0.1, 0.15) is 24.0 Å². The number of nitrogens with zero attached hydrogens (tertiary/aromatic N) is 1. The maximum absolute atomic E-state index is 14.1. The van der Waals surface area contributed by atoms with Gasteiger partial charge in [-0.3, -0.25) is 19.3 Å². The molecule has 11 nitrogen and oxygen atoms in total. The molecule has 1 amide bonds. The number of ketones is 2. The Morgan fingerprint density at radius 1 is 1.07 bits per heavy atom. The van der Waals surface area contributed by atoms with Gasteiger partial charge in [-0.15, -0.1) is 0 Å². The Labute approximate surface area is 233 Å². The van der Waals surface area contributed by atoms with E-state index >= 15 is 0 Å². The molecule has 7 N–H and O–H groups in total. The van der Waals surface area contributed by atoms with Gasteiger partial charge in [-0.05, 0) is 43.8 Å². The Balaban J connectivity index is 1.59. The number of furan rings is 1. The maximum Gasteiger partial charge on any atom is 0.255 e. The molecule has 6 atom stereocenters. The van der Waals surface area contributed by atoms with Crippen LogP contribution in [0.25, 0.3) is 28.1 Å². The van der Waals surface area contributed by atoms with E-state index in [4.69, 9.17) is 10.2 Å². The summed E-state index contributed by atoms with van der Waals surface area (Å²) in [5, 5.41) is 58.2. The number of phenolic OH excluding ortho intramolecular Hbond substituents is 1. The van der Waals surface area contributed by atoms with Crippen LogP contribution >= 0.6 is 0 Å². The first-order valence-corrected chi connectivity index (χ1v) is 13.0. The molecule has 3 aliphatic rings. The number of Topliss-reactive ketones (excluding diaryl/α,β-unsaturated/α-hetero) is 2. The summed E-state index contributed by atoms with van der Waals surface area (Å²) in [4.78, 5) is 40.9. The number of aromatic hydroxyl groups is 1. The van der Waals surface area contributed by atoms with Crippen molar-refractivity contribution in [1.82, 2.24) is 4.90 Å². The van der Waals surface area contributed by atoms with Crippen LogP contribution in [-0.2, 0) is 14.4 Å². The summed E-state index contributed by atoms with van der Waals surface area (Å²) < 4.78 is 5.89. The van der Waals surface area contributed by atoms with Crippen molar-refractivity contribution in [2.75, 3.05) is 14.1 Å². The fourth-order valence-corrected chi connectivity index (χ4v) is 6.93. The number of para-hydroxylation sites is 1. The number of amides is 1. The average molecular weight is 561 g/mol. The van der Waals surface area contributed by atoms with E-state index in [1.165, 1.54) is 19.0 Å². The topological polar surface area (TPSA) is 195 Å². The van der Waals surface area contributed by atoms with Gasteiger partial charge < -0.3 is 35.7 Å². The molecule has 0 saturated heterocycles. The van der Waals surface area contributed by atoms with E-state index in [0.717, 1.165) is 5.39 Å². The molecular weight excluding hydrogens is 532 g/mol. The molecule has 11 heteroatoms. The summed E-state index contributed by atoms with van der Waals surface area (Å²) >= 11 is 0. The number of primary amides is 1. The average Bonchev–Trinajstić information content (AvgIpc) is 3.34. The highest BCUT2D eigenvalue weighted by molar-refractivity contribution is 6.24. The van der Waals surface area contributed by atoms with Crippen LogP contribution in [0.5, 0.6) is 5.75 Å². The van der Waals surface area contributed by atoms with Gasteiger partial charge in [0.25, 0.3) is 5.91 Å². The van der Waals surface area contributed by atoms with Crippen LogP contribution in [0.2, 0.25) is 0 Å². The summed E-state index contributed by atoms with van der Waals surface area (Å²) in [6, 6.07) is 10.8. The highest BCUT2D eigenvalue weighted by Gasteiger charge is 2.68. The van der Waals surface area contributed by atoms with E-state index in [1.807, 2.05) is 12.1 Å². The largest absolute Gasteiger partial charge is 0.508 e. The lowest BCUT2D eigenvalue weighted by atomic mass is 9.54. The van der Waals surface area contributed by atoms with E-state index in [1.54, 1.807) is 37.3 Å². The molecule has 41 heavy (non-hydrogen) atoms. The Hall–Kier alpha value is -4.45. The number of likely N-dealkylation sites (N-methyl/N-ethyl adjacent to an activating group) is 1. The molecule has 0 bridgehead atoms. The smallest absolute Gasteiger partial charge is 0.255 e. The Morgan fingerprint density at radius 3 is 2.39 bits per heavy atom. The van der Waals surface area contributed by atoms with Gasteiger partial charge in [0.1, 0.15) is 34.2 Å². The van der Waals surface area contributed by atoms with Crippen molar-refractivity contribution in [3.63, 3.8) is 0 Å². The van der Waals surface area contributed by atoms with Crippen molar-refractivity contribution < 1.29 is 44.3 Å². The van der Waals surface area contributed by atoms with Crippen LogP contribution in [0, 0.1) is 11.8 Å². The second kappa shape index (κ2) is 8.77. The summed E-state index contributed by atoms with van der Waals surface area (Å²) in [7, 11) is 2.92. The molecule has 1 fully saturated rings. The van der Waals surface area contributed by atoms with Crippen LogP contribution in [0.15, 0.2) is 63.8 Å². The molecule has 1 aromatic heterocycles. The number of carbonyl (C=O) groups is 3. The lowest BCUT2D eigenvalue weighted by Gasteiger charge is -2.53. The normalized spacial score (nSPS) is 29.6. The molecule has 3 aliphatic carbocycles. The first kappa shape index (κ1) is 26.8. The summed E-state index contributed by atoms with van der Waals surface area (Å²) in [6.07, 6.45) is -1.65. The van der Waals surface area contributed by atoms with E-state index < -0.39 is 81.4 Å². The summed E-state index contributed by atoms with van der Waals surface area (Å²) in [5.41, 5.74) is 2.10. The third-order valence-corrected chi connectivity index (χ3v) is 8.82. The van der Waals surface area contributed by atoms with Crippen molar-refractivity contribution in [2.45, 2.75) is 30.6 Å². The minimum atomic E-state index is -2.96. The number of aliphatic hydroxyl groups excluding tert-OH is 3. The third-order valence-electron chi connectivity index (χ3n) is 8.82. The zero-order valence-corrected chi connectivity index (χ0v) is 22.3. The van der Waals surface area contributed by atoms with Gasteiger partial charge >= 0.3 is 0 Å². The molecule has 2 aromatic carbocycles. The van der Waals surface area contributed by atoms with E-state index in [-0.39, 0.29) is 11.1 Å². The van der Waals surface area contributed by atoms with Crippen LogP contribution in [-0.4, -0.2) is 79.7 Å². The number of fused-ring (bicyclic) bond motifs is 4. The second-order valence-corrected chi connectivity index (χ2v) is 11.1. The van der Waals surface area contributed by atoms with E-state index in [9.17, 15) is 39.9 Å². The van der Waals surface area contributed by atoms with Gasteiger partial charge in [-0.2, -0.15) is 0 Å². The highest BCUT2D eigenvalue weighted by Crippen LogP contribution is 2.57. The number of phenols is 1. The monoisotopic (exact) mass is 560 g/mol. The Kier molecular flexibility index (Phi) is 5.73. The summed E-state index contributed by atoms with van der Waals surface area (Å²) in [6.45, 7) is 1.68. The van der Waals surface area contributed by atoms with Gasteiger partial charge in [0.2, 0.25) is 5.78 Å². The first-order chi connectivity index (χ1) is 19.3. The van der Waals surface area contributed by atoms with E-state index in [0.29, 0.717) is 16.9 Å².